The zero-order chi connectivity index (χ0) is 24.5. The Kier molecular flexibility index (Phi) is 6.28. The van der Waals surface area contributed by atoms with Gasteiger partial charge in [-0.2, -0.15) is 18.2 Å². The molecule has 178 valence electrons. The van der Waals surface area contributed by atoms with E-state index in [9.17, 15) is 26.7 Å². The van der Waals surface area contributed by atoms with Gasteiger partial charge in [0.25, 0.3) is 5.91 Å². The number of anilines is 2. The highest BCUT2D eigenvalue weighted by Crippen LogP contribution is 2.39. The van der Waals surface area contributed by atoms with Gasteiger partial charge in [0.05, 0.1) is 35.3 Å². The molecular weight excluding hydrogens is 463 g/mol. The first kappa shape index (κ1) is 23.3. The fraction of sp³-hybridized carbons (Fsp3) is 0.238. The summed E-state index contributed by atoms with van der Waals surface area (Å²) in [6.07, 6.45) is -2.64. The SMILES string of the molecule is Nc1cc(C(F)(F)F)c(-c2c(F)cccc2F)nc1C(=O)Nc1cncnc1OCC1CNC1. The van der Waals surface area contributed by atoms with Crippen molar-refractivity contribution in [1.29, 1.82) is 0 Å². The number of carbonyl (C=O) groups excluding carboxylic acids is 1. The maximum Gasteiger partial charge on any atom is 0.418 e. The summed E-state index contributed by atoms with van der Waals surface area (Å²) in [5.41, 5.74) is 0.725. The maximum absolute atomic E-state index is 14.3. The van der Waals surface area contributed by atoms with E-state index >= 15 is 0 Å². The number of pyridine rings is 1. The van der Waals surface area contributed by atoms with E-state index in [1.807, 2.05) is 0 Å². The average Bonchev–Trinajstić information content (AvgIpc) is 2.73. The summed E-state index contributed by atoms with van der Waals surface area (Å²) < 4.78 is 75.0. The van der Waals surface area contributed by atoms with E-state index in [1.165, 1.54) is 12.5 Å². The molecule has 1 fully saturated rings. The molecule has 0 spiro atoms. The molecule has 4 N–H and O–H groups in total. The zero-order valence-corrected chi connectivity index (χ0v) is 17.3. The largest absolute Gasteiger partial charge is 0.476 e. The smallest absolute Gasteiger partial charge is 0.418 e. The lowest BCUT2D eigenvalue weighted by atomic mass is 10.0. The van der Waals surface area contributed by atoms with Crippen LogP contribution in [0, 0.1) is 17.6 Å². The van der Waals surface area contributed by atoms with E-state index < -0.39 is 51.9 Å². The number of benzene rings is 1. The molecule has 1 amide bonds. The third-order valence-corrected chi connectivity index (χ3v) is 5.02. The number of nitrogens with one attached hydrogen (secondary N) is 2. The molecule has 13 heteroatoms. The van der Waals surface area contributed by atoms with Gasteiger partial charge in [-0.25, -0.2) is 18.7 Å². The summed E-state index contributed by atoms with van der Waals surface area (Å²) in [4.78, 5) is 24.2. The number of aromatic nitrogens is 3. The number of halogens is 5. The third-order valence-electron chi connectivity index (χ3n) is 5.02. The lowest BCUT2D eigenvalue weighted by molar-refractivity contribution is -0.137. The number of amides is 1. The van der Waals surface area contributed by atoms with Crippen LogP contribution in [0.15, 0.2) is 36.8 Å². The first-order valence-electron chi connectivity index (χ1n) is 9.92. The molecule has 2 aromatic heterocycles. The standard InChI is InChI=1S/C21H17F5N6O2/c22-12-2-1-3-13(23)16(12)17-11(21(24,25)26)4-14(27)18(32-17)19(33)31-15-7-29-9-30-20(15)34-8-10-5-28-6-10/h1-4,7,9-10,28H,5-6,8,27H2,(H,31,33). The third kappa shape index (κ3) is 4.73. The molecule has 0 unspecified atom stereocenters. The second kappa shape index (κ2) is 9.17. The molecule has 1 saturated heterocycles. The van der Waals surface area contributed by atoms with Crippen LogP contribution < -0.4 is 21.1 Å². The van der Waals surface area contributed by atoms with Gasteiger partial charge in [-0.15, -0.1) is 0 Å². The van der Waals surface area contributed by atoms with Crippen molar-refractivity contribution in [3.05, 3.63) is 59.7 Å². The van der Waals surface area contributed by atoms with Crippen molar-refractivity contribution >= 4 is 17.3 Å². The number of ether oxygens (including phenoxy) is 1. The Balaban J connectivity index is 1.71. The van der Waals surface area contributed by atoms with Gasteiger partial charge in [-0.1, -0.05) is 6.07 Å². The molecule has 0 aliphatic carbocycles. The van der Waals surface area contributed by atoms with E-state index in [0.29, 0.717) is 12.7 Å². The molecule has 3 heterocycles. The number of hydrogen-bond donors (Lipinski definition) is 3. The Morgan fingerprint density at radius 3 is 2.56 bits per heavy atom. The van der Waals surface area contributed by atoms with Crippen molar-refractivity contribution in [2.45, 2.75) is 6.18 Å². The Morgan fingerprint density at radius 1 is 1.24 bits per heavy atom. The van der Waals surface area contributed by atoms with Crippen LogP contribution in [0.1, 0.15) is 16.1 Å². The average molecular weight is 480 g/mol. The minimum atomic E-state index is -5.05. The number of rotatable bonds is 6. The molecule has 0 atom stereocenters. The molecule has 34 heavy (non-hydrogen) atoms. The van der Waals surface area contributed by atoms with Crippen LogP contribution in [0.5, 0.6) is 5.88 Å². The number of nitrogens with two attached hydrogens (primary N) is 1. The number of nitrogens with zero attached hydrogens (tertiary/aromatic N) is 3. The Hall–Kier alpha value is -3.87. The summed E-state index contributed by atoms with van der Waals surface area (Å²) in [7, 11) is 0. The monoisotopic (exact) mass is 480 g/mol. The van der Waals surface area contributed by atoms with Gasteiger partial charge in [0, 0.05) is 19.0 Å². The summed E-state index contributed by atoms with van der Waals surface area (Å²) >= 11 is 0. The predicted octanol–water partition coefficient (Wildman–Crippen LogP) is 3.27. The van der Waals surface area contributed by atoms with Crippen molar-refractivity contribution in [2.75, 3.05) is 30.7 Å². The molecule has 1 aliphatic rings. The first-order valence-corrected chi connectivity index (χ1v) is 9.92. The van der Waals surface area contributed by atoms with Crippen LogP contribution in [0.25, 0.3) is 11.3 Å². The van der Waals surface area contributed by atoms with Crippen LogP contribution in [0.2, 0.25) is 0 Å². The number of nitrogen functional groups attached to an aromatic ring is 1. The van der Waals surface area contributed by atoms with Crippen LogP contribution in [0.4, 0.5) is 33.3 Å². The van der Waals surface area contributed by atoms with Crippen LogP contribution >= 0.6 is 0 Å². The van der Waals surface area contributed by atoms with Crippen molar-refractivity contribution < 1.29 is 31.5 Å². The number of hydrogen-bond acceptors (Lipinski definition) is 7. The number of carbonyl (C=O) groups is 1. The highest BCUT2D eigenvalue weighted by molar-refractivity contribution is 6.07. The van der Waals surface area contributed by atoms with Gasteiger partial charge >= 0.3 is 6.18 Å². The zero-order valence-electron chi connectivity index (χ0n) is 17.3. The summed E-state index contributed by atoms with van der Waals surface area (Å²) in [6.45, 7) is 1.83. The predicted molar refractivity (Wildman–Crippen MR) is 111 cm³/mol. The fourth-order valence-corrected chi connectivity index (χ4v) is 3.21. The Labute approximate surface area is 189 Å². The number of alkyl halides is 3. The van der Waals surface area contributed by atoms with Crippen LogP contribution in [-0.2, 0) is 6.18 Å². The van der Waals surface area contributed by atoms with Gasteiger partial charge in [0.15, 0.2) is 5.69 Å². The van der Waals surface area contributed by atoms with Gasteiger partial charge in [-0.05, 0) is 18.2 Å². The lowest BCUT2D eigenvalue weighted by Crippen LogP contribution is -2.45. The van der Waals surface area contributed by atoms with E-state index in [0.717, 1.165) is 31.3 Å². The van der Waals surface area contributed by atoms with E-state index in [-0.39, 0.29) is 17.5 Å². The van der Waals surface area contributed by atoms with Crippen molar-refractivity contribution in [3.8, 4) is 17.1 Å². The molecule has 0 radical (unpaired) electrons. The first-order chi connectivity index (χ1) is 16.1. The molecule has 0 saturated carbocycles. The van der Waals surface area contributed by atoms with Gasteiger partial charge in [0.2, 0.25) is 5.88 Å². The molecule has 1 aromatic carbocycles. The quantitative estimate of drug-likeness (QED) is 0.464. The second-order valence-corrected chi connectivity index (χ2v) is 7.45. The maximum atomic E-state index is 14.3. The van der Waals surface area contributed by atoms with Gasteiger partial charge in [0.1, 0.15) is 23.6 Å². The normalized spacial score (nSPS) is 13.9. The molecule has 3 aromatic rings. The fourth-order valence-electron chi connectivity index (χ4n) is 3.21. The molecule has 4 rings (SSSR count). The minimum absolute atomic E-state index is 0.0134. The Morgan fingerprint density at radius 2 is 1.94 bits per heavy atom. The minimum Gasteiger partial charge on any atom is -0.476 e. The topological polar surface area (TPSA) is 115 Å². The lowest BCUT2D eigenvalue weighted by Gasteiger charge is -2.26. The summed E-state index contributed by atoms with van der Waals surface area (Å²) in [5, 5.41) is 5.45. The highest BCUT2D eigenvalue weighted by atomic mass is 19.4. The molecule has 8 nitrogen and oxygen atoms in total. The van der Waals surface area contributed by atoms with Crippen LogP contribution in [-0.4, -0.2) is 40.6 Å². The van der Waals surface area contributed by atoms with Gasteiger partial charge < -0.3 is 21.1 Å². The van der Waals surface area contributed by atoms with Crippen molar-refractivity contribution in [3.63, 3.8) is 0 Å². The molecule has 1 aliphatic heterocycles. The van der Waals surface area contributed by atoms with Crippen molar-refractivity contribution in [1.82, 2.24) is 20.3 Å². The molecular formula is C21H17F5N6O2. The van der Waals surface area contributed by atoms with Crippen molar-refractivity contribution in [2.24, 2.45) is 5.92 Å². The van der Waals surface area contributed by atoms with E-state index in [1.54, 1.807) is 0 Å². The second-order valence-electron chi connectivity index (χ2n) is 7.45. The summed E-state index contributed by atoms with van der Waals surface area (Å²) in [6, 6.07) is 2.95. The van der Waals surface area contributed by atoms with E-state index in [4.69, 9.17) is 10.5 Å². The molecule has 0 bridgehead atoms. The van der Waals surface area contributed by atoms with Crippen LogP contribution in [0.3, 0.4) is 0 Å². The van der Waals surface area contributed by atoms with Gasteiger partial charge in [-0.3, -0.25) is 4.79 Å². The Bertz CT molecular complexity index is 1210. The summed E-state index contributed by atoms with van der Waals surface area (Å²) in [5.74, 6) is -3.34. The highest BCUT2D eigenvalue weighted by Gasteiger charge is 2.37. The van der Waals surface area contributed by atoms with E-state index in [2.05, 4.69) is 25.6 Å².